The van der Waals surface area contributed by atoms with Gasteiger partial charge in [-0.25, -0.2) is 9.78 Å². The number of carbonyl (C=O) groups is 1. The number of benzene rings is 1. The number of carboxylic acid groups (broad SMARTS) is 1. The maximum Gasteiger partial charge on any atom is 0.342 e. The molecule has 0 bridgehead atoms. The molecule has 0 fully saturated rings. The van der Waals surface area contributed by atoms with Crippen LogP contribution in [0, 0.1) is 0 Å². The van der Waals surface area contributed by atoms with Crippen LogP contribution in [0.3, 0.4) is 0 Å². The number of aromatic nitrogens is 3. The van der Waals surface area contributed by atoms with Gasteiger partial charge in [-0.2, -0.15) is 0 Å². The zero-order valence-corrected chi connectivity index (χ0v) is 16.7. The second kappa shape index (κ2) is 9.16. The van der Waals surface area contributed by atoms with Crippen molar-refractivity contribution in [2.75, 3.05) is 0 Å². The van der Waals surface area contributed by atoms with Crippen molar-refractivity contribution in [2.45, 2.75) is 34.9 Å². The van der Waals surface area contributed by atoms with E-state index in [0.717, 1.165) is 35.3 Å². The number of carboxylic acids is 1. The second-order valence-corrected chi connectivity index (χ2v) is 7.97. The third kappa shape index (κ3) is 5.66. The monoisotopic (exact) mass is 421 g/mol. The molecule has 0 saturated carbocycles. The number of thioether (sulfide) groups is 1. The van der Waals surface area contributed by atoms with E-state index in [1.165, 1.54) is 17.8 Å². The summed E-state index contributed by atoms with van der Waals surface area (Å²) in [5, 5.41) is 18.0. The first-order chi connectivity index (χ1) is 13.0. The van der Waals surface area contributed by atoms with Gasteiger partial charge in [-0.3, -0.25) is 5.10 Å². The Balaban J connectivity index is 1.72. The molecule has 140 valence electrons. The van der Waals surface area contributed by atoms with Gasteiger partial charge in [0, 0.05) is 22.4 Å². The van der Waals surface area contributed by atoms with Crippen molar-refractivity contribution in [3.8, 4) is 0 Å². The zero-order chi connectivity index (χ0) is 19.2. The summed E-state index contributed by atoms with van der Waals surface area (Å²) in [4.78, 5) is 16.9. The fraction of sp³-hybridized carbons (Fsp3) is 0.167. The van der Waals surface area contributed by atoms with Gasteiger partial charge in [-0.05, 0) is 54.6 Å². The summed E-state index contributed by atoms with van der Waals surface area (Å²) in [6.07, 6.45) is 3.17. The minimum absolute atomic E-state index is 0.0782. The van der Waals surface area contributed by atoms with Crippen LogP contribution in [0.2, 0.25) is 5.02 Å². The van der Waals surface area contributed by atoms with Gasteiger partial charge in [0.25, 0.3) is 0 Å². The number of nitrogens with one attached hydrogen (secondary N) is 1. The number of rotatable bonds is 8. The van der Waals surface area contributed by atoms with E-state index in [1.807, 2.05) is 19.1 Å². The Kier molecular flexibility index (Phi) is 6.65. The molecular weight excluding hydrogens is 406 g/mol. The van der Waals surface area contributed by atoms with Crippen LogP contribution in [0.1, 0.15) is 24.9 Å². The van der Waals surface area contributed by atoms with E-state index < -0.39 is 5.97 Å². The molecule has 2 heterocycles. The minimum atomic E-state index is -1.06. The largest absolute Gasteiger partial charge is 0.477 e. The molecule has 0 aliphatic carbocycles. The van der Waals surface area contributed by atoms with E-state index in [-0.39, 0.29) is 4.91 Å². The quantitative estimate of drug-likeness (QED) is 0.373. The molecule has 2 N–H and O–H groups in total. The van der Waals surface area contributed by atoms with E-state index in [0.29, 0.717) is 21.0 Å². The summed E-state index contributed by atoms with van der Waals surface area (Å²) in [5.41, 5.74) is 0. The van der Waals surface area contributed by atoms with Crippen molar-refractivity contribution in [1.29, 1.82) is 0 Å². The molecular formula is C18H16ClN3O3S2. The number of halogens is 1. The van der Waals surface area contributed by atoms with Crippen LogP contribution in [0.15, 0.2) is 60.9 Å². The number of hydrogen-bond acceptors (Lipinski definition) is 6. The maximum atomic E-state index is 11.6. The molecule has 3 rings (SSSR count). The predicted molar refractivity (Wildman–Crippen MR) is 106 cm³/mol. The highest BCUT2D eigenvalue weighted by atomic mass is 35.5. The second-order valence-electron chi connectivity index (χ2n) is 5.44. The van der Waals surface area contributed by atoms with Gasteiger partial charge >= 0.3 is 5.97 Å². The van der Waals surface area contributed by atoms with Crippen LogP contribution in [0.25, 0.3) is 6.08 Å². The van der Waals surface area contributed by atoms with E-state index in [2.05, 4.69) is 15.2 Å². The Hall–Kier alpha value is -2.16. The molecule has 0 spiro atoms. The molecule has 27 heavy (non-hydrogen) atoms. The van der Waals surface area contributed by atoms with Crippen molar-refractivity contribution in [1.82, 2.24) is 15.2 Å². The smallest absolute Gasteiger partial charge is 0.342 e. The third-order valence-electron chi connectivity index (χ3n) is 3.32. The van der Waals surface area contributed by atoms with E-state index in [4.69, 9.17) is 16.0 Å². The van der Waals surface area contributed by atoms with Crippen molar-refractivity contribution < 1.29 is 14.3 Å². The van der Waals surface area contributed by atoms with Crippen LogP contribution in [0.5, 0.6) is 0 Å². The highest BCUT2D eigenvalue weighted by Gasteiger charge is 2.15. The number of nitrogens with zero attached hydrogens (tertiary/aromatic N) is 2. The predicted octanol–water partition coefficient (Wildman–Crippen LogP) is 5.37. The van der Waals surface area contributed by atoms with Gasteiger partial charge in [0.1, 0.15) is 16.5 Å². The SMILES string of the molecule is CCCc1nc(S/C(=C\c2ccc(Sc3ccc(Cl)cc3)o2)C(=O)O)n[nH]1. The number of furan rings is 1. The summed E-state index contributed by atoms with van der Waals surface area (Å²) < 4.78 is 5.71. The number of aliphatic carboxylic acids is 1. The number of H-pyrrole nitrogens is 1. The molecule has 0 radical (unpaired) electrons. The fourth-order valence-electron chi connectivity index (χ4n) is 2.12. The fourth-order valence-corrected chi connectivity index (χ4v) is 3.73. The standard InChI is InChI=1S/C18H16ClN3O3S2/c1-2-3-15-20-18(22-21-15)27-14(17(23)24)10-12-6-9-16(25-12)26-13-7-4-11(19)5-8-13/h4-10H,2-3H2,1H3,(H,23,24)(H,20,21,22)/b14-10-. The highest BCUT2D eigenvalue weighted by Crippen LogP contribution is 2.32. The number of hydrogen-bond donors (Lipinski definition) is 2. The first kappa shape index (κ1) is 19.6. The Morgan fingerprint density at radius 3 is 2.78 bits per heavy atom. The third-order valence-corrected chi connectivity index (χ3v) is 5.38. The van der Waals surface area contributed by atoms with Gasteiger partial charge < -0.3 is 9.52 Å². The maximum absolute atomic E-state index is 11.6. The van der Waals surface area contributed by atoms with Gasteiger partial charge in [-0.1, -0.05) is 30.3 Å². The topological polar surface area (TPSA) is 92.0 Å². The molecule has 3 aromatic rings. The highest BCUT2D eigenvalue weighted by molar-refractivity contribution is 8.04. The normalized spacial score (nSPS) is 11.7. The molecule has 2 aromatic heterocycles. The lowest BCUT2D eigenvalue weighted by Crippen LogP contribution is -1.97. The first-order valence-electron chi connectivity index (χ1n) is 8.11. The molecule has 0 unspecified atom stereocenters. The Morgan fingerprint density at radius 1 is 1.30 bits per heavy atom. The van der Waals surface area contributed by atoms with Crippen molar-refractivity contribution >= 4 is 47.2 Å². The van der Waals surface area contributed by atoms with Crippen molar-refractivity contribution in [2.24, 2.45) is 0 Å². The van der Waals surface area contributed by atoms with Crippen LogP contribution in [0.4, 0.5) is 0 Å². The molecule has 9 heteroatoms. The Morgan fingerprint density at radius 2 is 2.07 bits per heavy atom. The summed E-state index contributed by atoms with van der Waals surface area (Å²) in [6.45, 7) is 2.04. The first-order valence-corrected chi connectivity index (χ1v) is 10.1. The molecule has 6 nitrogen and oxygen atoms in total. The summed E-state index contributed by atoms with van der Waals surface area (Å²) in [7, 11) is 0. The Bertz CT molecular complexity index is 951. The van der Waals surface area contributed by atoms with Gasteiger partial charge in [0.15, 0.2) is 5.09 Å². The summed E-state index contributed by atoms with van der Waals surface area (Å²) in [6, 6.07) is 10.9. The molecule has 0 aliphatic rings. The zero-order valence-electron chi connectivity index (χ0n) is 14.3. The lowest BCUT2D eigenvalue weighted by Gasteiger charge is -1.99. The molecule has 0 amide bonds. The summed E-state index contributed by atoms with van der Waals surface area (Å²) >= 11 is 8.29. The minimum Gasteiger partial charge on any atom is -0.477 e. The average Bonchev–Trinajstić information content (AvgIpc) is 3.26. The molecule has 1 aromatic carbocycles. The van der Waals surface area contributed by atoms with Crippen molar-refractivity contribution in [3.05, 3.63) is 57.9 Å². The number of aromatic amines is 1. The van der Waals surface area contributed by atoms with E-state index in [1.54, 1.807) is 24.3 Å². The average molecular weight is 422 g/mol. The van der Waals surface area contributed by atoms with Gasteiger partial charge in [-0.15, -0.1) is 5.10 Å². The van der Waals surface area contributed by atoms with Crippen molar-refractivity contribution in [3.63, 3.8) is 0 Å². The summed E-state index contributed by atoms with van der Waals surface area (Å²) in [5.74, 6) is 0.121. The van der Waals surface area contributed by atoms with Gasteiger partial charge in [0.05, 0.1) is 0 Å². The van der Waals surface area contributed by atoms with Crippen LogP contribution in [-0.4, -0.2) is 26.3 Å². The lowest BCUT2D eigenvalue weighted by atomic mass is 10.3. The molecule has 0 saturated heterocycles. The van der Waals surface area contributed by atoms with E-state index >= 15 is 0 Å². The number of aryl methyl sites for hydroxylation is 1. The lowest BCUT2D eigenvalue weighted by molar-refractivity contribution is -0.131. The van der Waals surface area contributed by atoms with Crippen LogP contribution < -0.4 is 0 Å². The molecule has 0 atom stereocenters. The molecule has 0 aliphatic heterocycles. The van der Waals surface area contributed by atoms with Gasteiger partial charge in [0.2, 0.25) is 5.16 Å². The Labute approximate surface area is 169 Å². The van der Waals surface area contributed by atoms with Crippen LogP contribution in [-0.2, 0) is 11.2 Å². The van der Waals surface area contributed by atoms with E-state index in [9.17, 15) is 9.90 Å². The van der Waals surface area contributed by atoms with Crippen LogP contribution >= 0.6 is 35.1 Å².